The molecule has 2 heterocycles. The number of ether oxygens (including phenoxy) is 1. The number of fused-ring (bicyclic) bond motifs is 2. The summed E-state index contributed by atoms with van der Waals surface area (Å²) in [5, 5.41) is 13.6. The lowest BCUT2D eigenvalue weighted by molar-refractivity contribution is -0.143. The van der Waals surface area contributed by atoms with E-state index in [1.54, 1.807) is 18.7 Å². The average Bonchev–Trinajstić information content (AvgIpc) is 3.51. The van der Waals surface area contributed by atoms with E-state index >= 15 is 0 Å². The van der Waals surface area contributed by atoms with Gasteiger partial charge < -0.3 is 14.5 Å². The molecule has 0 saturated heterocycles. The summed E-state index contributed by atoms with van der Waals surface area (Å²) >= 11 is 0. The number of anilines is 2. The van der Waals surface area contributed by atoms with Gasteiger partial charge in [-0.15, -0.1) is 5.10 Å². The van der Waals surface area contributed by atoms with Crippen molar-refractivity contribution in [3.63, 3.8) is 0 Å². The van der Waals surface area contributed by atoms with Gasteiger partial charge >= 0.3 is 18.5 Å². The molecular formula is C28H30F6N6O3. The minimum atomic E-state index is -5.00. The molecule has 5 rings (SSSR count). The highest BCUT2D eigenvalue weighted by Gasteiger charge is 2.38. The van der Waals surface area contributed by atoms with E-state index in [0.29, 0.717) is 36.2 Å². The van der Waals surface area contributed by atoms with Crippen LogP contribution in [-0.4, -0.2) is 39.0 Å². The normalized spacial score (nSPS) is 17.0. The van der Waals surface area contributed by atoms with Gasteiger partial charge in [0.1, 0.15) is 0 Å². The minimum Gasteiger partial charge on any atom is -0.430 e. The SMILES string of the molecule is CC(C)OC(=O)ON1CCC[C@H](N(Cc2cc(C(F)(F)F)cc(C(F)(F)F)c2)c2nnn(C)n2)c2cc3c(cc21)CCC3. The van der Waals surface area contributed by atoms with Gasteiger partial charge in [-0.05, 0) is 92.1 Å². The first-order valence-corrected chi connectivity index (χ1v) is 13.8. The average molecular weight is 613 g/mol. The summed E-state index contributed by atoms with van der Waals surface area (Å²) in [6, 6.07) is 4.79. The molecule has 1 aliphatic heterocycles. The predicted octanol–water partition coefficient (Wildman–Crippen LogP) is 6.56. The maximum Gasteiger partial charge on any atom is 0.533 e. The van der Waals surface area contributed by atoms with Crippen molar-refractivity contribution in [3.05, 3.63) is 63.7 Å². The van der Waals surface area contributed by atoms with Crippen molar-refractivity contribution in [3.8, 4) is 0 Å². The highest BCUT2D eigenvalue weighted by Crippen LogP contribution is 2.43. The number of carbonyl (C=O) groups is 1. The summed E-state index contributed by atoms with van der Waals surface area (Å²) in [6.07, 6.45) is -7.92. The largest absolute Gasteiger partial charge is 0.533 e. The number of aromatic nitrogens is 4. The molecular weight excluding hydrogens is 582 g/mol. The molecule has 232 valence electrons. The Bertz CT molecular complexity index is 1460. The number of aryl methyl sites for hydroxylation is 3. The van der Waals surface area contributed by atoms with Crippen LogP contribution < -0.4 is 9.96 Å². The fraction of sp³-hybridized carbons (Fsp3) is 0.500. The van der Waals surface area contributed by atoms with Crippen LogP contribution in [0.25, 0.3) is 0 Å². The van der Waals surface area contributed by atoms with Crippen LogP contribution in [0.15, 0.2) is 30.3 Å². The van der Waals surface area contributed by atoms with E-state index < -0.39 is 41.8 Å². The van der Waals surface area contributed by atoms with Gasteiger partial charge in [-0.1, -0.05) is 11.2 Å². The molecule has 0 spiro atoms. The van der Waals surface area contributed by atoms with Gasteiger partial charge in [0.05, 0.1) is 42.6 Å². The van der Waals surface area contributed by atoms with Crippen LogP contribution in [0.4, 0.5) is 42.8 Å². The Labute approximate surface area is 243 Å². The van der Waals surface area contributed by atoms with Crippen molar-refractivity contribution in [2.45, 2.75) is 77.0 Å². The van der Waals surface area contributed by atoms with Crippen LogP contribution in [0, 0.1) is 0 Å². The lowest BCUT2D eigenvalue weighted by Crippen LogP contribution is -2.31. The van der Waals surface area contributed by atoms with Crippen LogP contribution in [-0.2, 0) is 48.4 Å². The first-order valence-electron chi connectivity index (χ1n) is 13.8. The van der Waals surface area contributed by atoms with Crippen LogP contribution >= 0.6 is 0 Å². The van der Waals surface area contributed by atoms with E-state index in [1.807, 2.05) is 12.1 Å². The molecule has 0 radical (unpaired) electrons. The molecule has 0 bridgehead atoms. The molecule has 0 amide bonds. The second-order valence-corrected chi connectivity index (χ2v) is 10.9. The van der Waals surface area contributed by atoms with Gasteiger partial charge in [0, 0.05) is 12.1 Å². The molecule has 1 atom stereocenters. The number of hydroxylamine groups is 1. The zero-order valence-corrected chi connectivity index (χ0v) is 23.7. The third-order valence-electron chi connectivity index (χ3n) is 7.36. The maximum atomic E-state index is 13.7. The molecule has 15 heteroatoms. The van der Waals surface area contributed by atoms with Gasteiger partial charge in [-0.3, -0.25) is 0 Å². The summed E-state index contributed by atoms with van der Waals surface area (Å²) in [5.74, 6) is 0.0264. The standard InChI is InChI=1S/C28H30F6N6O3/c1-16(2)42-26(41)43-40-9-5-8-23(22-12-18-6-4-7-19(18)13-24(22)40)39(25-35-37-38(3)36-25)15-17-10-20(27(29,30)31)14-21(11-17)28(32,33)34/h10-14,16,23H,4-9,15H2,1-3H3/t23-/m0/s1. The van der Waals surface area contributed by atoms with E-state index in [-0.39, 0.29) is 30.7 Å². The van der Waals surface area contributed by atoms with Crippen LogP contribution in [0.1, 0.15) is 72.5 Å². The molecule has 1 aromatic heterocycles. The fourth-order valence-corrected chi connectivity index (χ4v) is 5.56. The van der Waals surface area contributed by atoms with E-state index in [9.17, 15) is 31.1 Å². The molecule has 43 heavy (non-hydrogen) atoms. The van der Waals surface area contributed by atoms with Gasteiger partial charge in [0.2, 0.25) is 0 Å². The summed E-state index contributed by atoms with van der Waals surface area (Å²) in [4.78, 5) is 20.8. The first kappa shape index (κ1) is 30.4. The predicted molar refractivity (Wildman–Crippen MR) is 142 cm³/mol. The number of benzene rings is 2. The van der Waals surface area contributed by atoms with Crippen molar-refractivity contribution in [1.82, 2.24) is 20.2 Å². The van der Waals surface area contributed by atoms with Crippen LogP contribution in [0.5, 0.6) is 0 Å². The number of nitrogens with zero attached hydrogens (tertiary/aromatic N) is 6. The third-order valence-corrected chi connectivity index (χ3v) is 7.36. The molecule has 0 fully saturated rings. The maximum absolute atomic E-state index is 13.7. The van der Waals surface area contributed by atoms with Gasteiger partial charge in [0.25, 0.3) is 5.95 Å². The van der Waals surface area contributed by atoms with Crippen molar-refractivity contribution < 1.29 is 40.7 Å². The number of hydrogen-bond acceptors (Lipinski definition) is 8. The quantitative estimate of drug-likeness (QED) is 0.229. The molecule has 9 nitrogen and oxygen atoms in total. The summed E-state index contributed by atoms with van der Waals surface area (Å²) in [6.45, 7) is 3.27. The second-order valence-electron chi connectivity index (χ2n) is 10.9. The molecule has 1 aliphatic carbocycles. The van der Waals surface area contributed by atoms with Crippen LogP contribution in [0.2, 0.25) is 0 Å². The van der Waals surface area contributed by atoms with Crippen molar-refractivity contribution in [1.29, 1.82) is 0 Å². The third kappa shape index (κ3) is 6.80. The summed E-state index contributed by atoms with van der Waals surface area (Å²) in [5.41, 5.74) is 0.320. The fourth-order valence-electron chi connectivity index (χ4n) is 5.56. The number of halogens is 6. The van der Waals surface area contributed by atoms with Gasteiger partial charge in [0.15, 0.2) is 0 Å². The molecule has 0 unspecified atom stereocenters. The number of carbonyl (C=O) groups excluding carboxylic acids is 1. The zero-order chi connectivity index (χ0) is 31.1. The molecule has 0 N–H and O–H groups in total. The highest BCUT2D eigenvalue weighted by molar-refractivity contribution is 5.66. The molecule has 0 saturated carbocycles. The van der Waals surface area contributed by atoms with Crippen molar-refractivity contribution in [2.24, 2.45) is 7.05 Å². The zero-order valence-electron chi connectivity index (χ0n) is 23.7. The first-order chi connectivity index (χ1) is 20.2. The smallest absolute Gasteiger partial charge is 0.430 e. The Hall–Kier alpha value is -4.04. The van der Waals surface area contributed by atoms with E-state index in [4.69, 9.17) is 9.57 Å². The summed E-state index contributed by atoms with van der Waals surface area (Å²) in [7, 11) is 1.50. The second kappa shape index (κ2) is 11.6. The van der Waals surface area contributed by atoms with Crippen molar-refractivity contribution >= 4 is 17.8 Å². The van der Waals surface area contributed by atoms with Gasteiger partial charge in [-0.2, -0.15) is 31.1 Å². The Balaban J connectivity index is 1.61. The van der Waals surface area contributed by atoms with E-state index in [1.165, 1.54) is 12.1 Å². The monoisotopic (exact) mass is 612 g/mol. The highest BCUT2D eigenvalue weighted by atomic mass is 19.4. The Morgan fingerprint density at radius 2 is 1.65 bits per heavy atom. The molecule has 2 aromatic carbocycles. The molecule has 2 aliphatic rings. The Morgan fingerprint density at radius 3 is 2.23 bits per heavy atom. The Morgan fingerprint density at radius 1 is 1.00 bits per heavy atom. The number of hydrogen-bond donors (Lipinski definition) is 0. The number of alkyl halides is 6. The topological polar surface area (TPSA) is 85.6 Å². The Kier molecular flexibility index (Phi) is 8.18. The summed E-state index contributed by atoms with van der Waals surface area (Å²) < 4.78 is 87.3. The molecule has 3 aromatic rings. The lowest BCUT2D eigenvalue weighted by atomic mass is 9.95. The lowest BCUT2D eigenvalue weighted by Gasteiger charge is -2.32. The minimum absolute atomic E-state index is 0.0264. The van der Waals surface area contributed by atoms with Crippen molar-refractivity contribution in [2.75, 3.05) is 16.5 Å². The number of rotatable bonds is 6. The number of tetrazole rings is 1. The van der Waals surface area contributed by atoms with E-state index in [0.717, 1.165) is 35.2 Å². The van der Waals surface area contributed by atoms with Crippen LogP contribution in [0.3, 0.4) is 0 Å². The van der Waals surface area contributed by atoms with Gasteiger partial charge in [-0.25, -0.2) is 9.86 Å². The van der Waals surface area contributed by atoms with E-state index in [2.05, 4.69) is 15.4 Å².